The Bertz CT molecular complexity index is 642. The van der Waals surface area contributed by atoms with Crippen LogP contribution in [0.15, 0.2) is 39.5 Å². The predicted molar refractivity (Wildman–Crippen MR) is 52.4 cm³/mol. The Morgan fingerprint density at radius 3 is 2.22 bits per heavy atom. The Morgan fingerprint density at radius 2 is 1.61 bits per heavy atom. The third kappa shape index (κ3) is 1.96. The molecule has 0 radical (unpaired) electrons. The summed E-state index contributed by atoms with van der Waals surface area (Å²) in [5.41, 5.74) is -1.96. The first kappa shape index (κ1) is 12.5. The van der Waals surface area contributed by atoms with E-state index in [1.807, 2.05) is 0 Å². The lowest BCUT2D eigenvalue weighted by Crippen LogP contribution is -2.33. The van der Waals surface area contributed by atoms with Gasteiger partial charge >= 0.3 is 17.7 Å². The first-order valence-corrected chi connectivity index (χ1v) is 4.71. The molecule has 18 heavy (non-hydrogen) atoms. The minimum atomic E-state index is -5.67. The van der Waals surface area contributed by atoms with Gasteiger partial charge in [0.1, 0.15) is 5.58 Å². The number of hydrogen-bond acceptors (Lipinski definition) is 2. The summed E-state index contributed by atoms with van der Waals surface area (Å²) in [6, 6.07) is 4.20. The molecule has 0 saturated heterocycles. The van der Waals surface area contributed by atoms with E-state index in [0.717, 1.165) is 18.2 Å². The first-order chi connectivity index (χ1) is 8.22. The van der Waals surface area contributed by atoms with E-state index in [9.17, 15) is 26.7 Å². The van der Waals surface area contributed by atoms with Crippen LogP contribution in [-0.4, -0.2) is 6.18 Å². The average Bonchev–Trinajstić information content (AvgIpc) is 2.26. The molecule has 96 valence electrons. The summed E-state index contributed by atoms with van der Waals surface area (Å²) in [7, 11) is 0. The zero-order valence-electron chi connectivity index (χ0n) is 8.59. The van der Waals surface area contributed by atoms with Gasteiger partial charge in [0, 0.05) is 17.0 Å². The van der Waals surface area contributed by atoms with Crippen LogP contribution in [0, 0.1) is 0 Å². The van der Waals surface area contributed by atoms with E-state index >= 15 is 0 Å². The molecule has 2 aromatic rings. The molecule has 2 rings (SSSR count). The molecule has 0 bridgehead atoms. The summed E-state index contributed by atoms with van der Waals surface area (Å²) in [6.45, 7) is 0. The van der Waals surface area contributed by atoms with Crippen molar-refractivity contribution in [2.24, 2.45) is 0 Å². The summed E-state index contributed by atoms with van der Waals surface area (Å²) in [4.78, 5) is 10.8. The van der Waals surface area contributed by atoms with Gasteiger partial charge in [-0.25, -0.2) is 4.79 Å². The van der Waals surface area contributed by atoms with Crippen LogP contribution in [0.5, 0.6) is 0 Å². The Hall–Kier alpha value is -1.92. The minimum Gasteiger partial charge on any atom is -0.423 e. The highest BCUT2D eigenvalue weighted by molar-refractivity contribution is 5.77. The Kier molecular flexibility index (Phi) is 2.64. The van der Waals surface area contributed by atoms with Crippen LogP contribution < -0.4 is 5.63 Å². The molecule has 0 atom stereocenters. The minimum absolute atomic E-state index is 0.00368. The van der Waals surface area contributed by atoms with Gasteiger partial charge in [0.2, 0.25) is 0 Å². The van der Waals surface area contributed by atoms with Gasteiger partial charge in [-0.1, -0.05) is 0 Å². The van der Waals surface area contributed by atoms with Crippen molar-refractivity contribution < 1.29 is 26.4 Å². The second-order valence-corrected chi connectivity index (χ2v) is 3.58. The molecule has 0 saturated carbocycles. The van der Waals surface area contributed by atoms with Crippen LogP contribution in [0.2, 0.25) is 0 Å². The number of hydrogen-bond donors (Lipinski definition) is 0. The van der Waals surface area contributed by atoms with Crippen molar-refractivity contribution in [1.29, 1.82) is 0 Å². The van der Waals surface area contributed by atoms with E-state index < -0.39 is 23.3 Å². The highest BCUT2D eigenvalue weighted by Gasteiger charge is 2.58. The van der Waals surface area contributed by atoms with Crippen molar-refractivity contribution in [2.45, 2.75) is 12.1 Å². The van der Waals surface area contributed by atoms with Crippen molar-refractivity contribution in [2.75, 3.05) is 0 Å². The molecular weight excluding hydrogens is 259 g/mol. The van der Waals surface area contributed by atoms with Crippen molar-refractivity contribution in [1.82, 2.24) is 0 Å². The zero-order chi connectivity index (χ0) is 13.6. The van der Waals surface area contributed by atoms with Gasteiger partial charge in [-0.05, 0) is 24.3 Å². The molecular formula is C11H5F5O2. The maximum absolute atomic E-state index is 13.1. The number of alkyl halides is 5. The highest BCUT2D eigenvalue weighted by Crippen LogP contribution is 2.44. The van der Waals surface area contributed by atoms with E-state index in [0.29, 0.717) is 12.1 Å². The Balaban J connectivity index is 2.61. The third-order valence-corrected chi connectivity index (χ3v) is 2.34. The Morgan fingerprint density at radius 1 is 0.944 bits per heavy atom. The van der Waals surface area contributed by atoms with E-state index in [1.54, 1.807) is 0 Å². The third-order valence-electron chi connectivity index (χ3n) is 2.34. The van der Waals surface area contributed by atoms with Crippen molar-refractivity contribution in [3.8, 4) is 0 Å². The van der Waals surface area contributed by atoms with Gasteiger partial charge < -0.3 is 4.42 Å². The van der Waals surface area contributed by atoms with Crippen molar-refractivity contribution in [3.63, 3.8) is 0 Å². The molecule has 7 heteroatoms. The van der Waals surface area contributed by atoms with Crippen LogP contribution in [-0.2, 0) is 5.92 Å². The first-order valence-electron chi connectivity index (χ1n) is 4.71. The van der Waals surface area contributed by atoms with E-state index in [4.69, 9.17) is 0 Å². The molecule has 0 aliphatic rings. The van der Waals surface area contributed by atoms with Gasteiger partial charge in [0.25, 0.3) is 0 Å². The van der Waals surface area contributed by atoms with Crippen molar-refractivity contribution >= 4 is 11.0 Å². The Labute approximate surface area is 96.6 Å². The van der Waals surface area contributed by atoms with Gasteiger partial charge in [-0.2, -0.15) is 22.0 Å². The standard InChI is InChI=1S/C11H5F5O2/c12-10(13,11(14,15)16)7-2-3-8-6(5-7)1-4-9(17)18-8/h1-5H. The normalized spacial score (nSPS) is 12.9. The lowest BCUT2D eigenvalue weighted by atomic mass is 10.1. The number of rotatable bonds is 1. The molecule has 2 nitrogen and oxygen atoms in total. The van der Waals surface area contributed by atoms with Crippen LogP contribution in [0.3, 0.4) is 0 Å². The molecule has 1 heterocycles. The zero-order valence-corrected chi connectivity index (χ0v) is 8.59. The second-order valence-electron chi connectivity index (χ2n) is 3.58. The fourth-order valence-electron chi connectivity index (χ4n) is 1.43. The number of halogens is 5. The van der Waals surface area contributed by atoms with Crippen LogP contribution >= 0.6 is 0 Å². The maximum Gasteiger partial charge on any atom is 0.458 e. The smallest absolute Gasteiger partial charge is 0.423 e. The molecule has 0 aliphatic heterocycles. The molecule has 0 unspecified atom stereocenters. The van der Waals surface area contributed by atoms with Crippen LogP contribution in [0.4, 0.5) is 22.0 Å². The molecule has 1 aromatic heterocycles. The molecule has 0 N–H and O–H groups in total. The average molecular weight is 264 g/mol. The van der Waals surface area contributed by atoms with Crippen molar-refractivity contribution in [3.05, 3.63) is 46.3 Å². The lowest BCUT2D eigenvalue weighted by Gasteiger charge is -2.19. The summed E-state index contributed by atoms with van der Waals surface area (Å²) in [5, 5.41) is -0.00368. The quantitative estimate of drug-likeness (QED) is 0.583. The summed E-state index contributed by atoms with van der Waals surface area (Å²) in [6.07, 6.45) is -5.67. The molecule has 0 spiro atoms. The van der Waals surface area contributed by atoms with Crippen LogP contribution in [0.1, 0.15) is 5.56 Å². The van der Waals surface area contributed by atoms with Gasteiger partial charge in [-0.3, -0.25) is 0 Å². The largest absolute Gasteiger partial charge is 0.458 e. The molecule has 1 aromatic carbocycles. The van der Waals surface area contributed by atoms with Gasteiger partial charge in [-0.15, -0.1) is 0 Å². The monoisotopic (exact) mass is 264 g/mol. The maximum atomic E-state index is 13.1. The summed E-state index contributed by atoms with van der Waals surface area (Å²) >= 11 is 0. The van der Waals surface area contributed by atoms with E-state index in [2.05, 4.69) is 4.42 Å². The second kappa shape index (κ2) is 3.79. The van der Waals surface area contributed by atoms with Gasteiger partial charge in [0.05, 0.1) is 0 Å². The van der Waals surface area contributed by atoms with Gasteiger partial charge in [0.15, 0.2) is 0 Å². The summed E-state index contributed by atoms with van der Waals surface area (Å²) < 4.78 is 67.2. The van der Waals surface area contributed by atoms with Crippen LogP contribution in [0.25, 0.3) is 11.0 Å². The highest BCUT2D eigenvalue weighted by atomic mass is 19.4. The molecule has 0 amide bonds. The SMILES string of the molecule is O=c1ccc2cc(C(F)(F)C(F)(F)F)ccc2o1. The molecule has 0 aliphatic carbocycles. The topological polar surface area (TPSA) is 30.2 Å². The predicted octanol–water partition coefficient (Wildman–Crippen LogP) is 3.45. The van der Waals surface area contributed by atoms with E-state index in [1.165, 1.54) is 0 Å². The fraction of sp³-hybridized carbons (Fsp3) is 0.182. The summed E-state index contributed by atoms with van der Waals surface area (Å²) in [5.74, 6) is -4.95. The number of fused-ring (bicyclic) bond motifs is 1. The van der Waals surface area contributed by atoms with E-state index in [-0.39, 0.29) is 11.0 Å². The number of benzene rings is 1. The molecule has 0 fully saturated rings. The lowest BCUT2D eigenvalue weighted by molar-refractivity contribution is -0.289. The fourth-order valence-corrected chi connectivity index (χ4v) is 1.43.